The van der Waals surface area contributed by atoms with Gasteiger partial charge >= 0.3 is 0 Å². The number of anilines is 1. The SMILES string of the molecule is O=C(c1ccc(Oc2cccc3c2OCO3)cc1Cl)c1c[nH]c2ncnc(N[C@@H]3CC[C@@H](CO)OC3)c12. The van der Waals surface area contributed by atoms with Crippen LogP contribution in [-0.4, -0.2) is 58.0 Å². The number of para-hydroxylation sites is 1. The van der Waals surface area contributed by atoms with Gasteiger partial charge in [0.1, 0.15) is 23.5 Å². The van der Waals surface area contributed by atoms with Crippen molar-refractivity contribution in [3.63, 3.8) is 0 Å². The van der Waals surface area contributed by atoms with E-state index in [1.165, 1.54) is 6.33 Å². The molecule has 0 saturated carbocycles. The zero-order chi connectivity index (χ0) is 25.4. The number of H-pyrrole nitrogens is 1. The van der Waals surface area contributed by atoms with E-state index >= 15 is 0 Å². The lowest BCUT2D eigenvalue weighted by Crippen LogP contribution is -2.36. The monoisotopic (exact) mass is 522 g/mol. The fourth-order valence-corrected chi connectivity index (χ4v) is 4.76. The Morgan fingerprint density at radius 2 is 2.11 bits per heavy atom. The van der Waals surface area contributed by atoms with Gasteiger partial charge in [0.05, 0.1) is 41.3 Å². The smallest absolute Gasteiger partial charge is 0.231 e. The summed E-state index contributed by atoms with van der Waals surface area (Å²) < 4.78 is 22.5. The number of benzene rings is 2. The van der Waals surface area contributed by atoms with E-state index in [9.17, 15) is 9.90 Å². The van der Waals surface area contributed by atoms with Crippen LogP contribution in [0.5, 0.6) is 23.0 Å². The highest BCUT2D eigenvalue weighted by molar-refractivity contribution is 6.35. The average molecular weight is 523 g/mol. The van der Waals surface area contributed by atoms with Crippen LogP contribution in [0.25, 0.3) is 11.0 Å². The molecule has 2 aromatic heterocycles. The van der Waals surface area contributed by atoms with Gasteiger partial charge in [0.15, 0.2) is 17.3 Å². The Balaban J connectivity index is 1.25. The van der Waals surface area contributed by atoms with Crippen LogP contribution in [0.3, 0.4) is 0 Å². The van der Waals surface area contributed by atoms with E-state index in [0.717, 1.165) is 12.8 Å². The first kappa shape index (κ1) is 23.5. The summed E-state index contributed by atoms with van der Waals surface area (Å²) in [5.74, 6) is 2.32. The molecule has 190 valence electrons. The van der Waals surface area contributed by atoms with Gasteiger partial charge in [-0.3, -0.25) is 4.79 Å². The number of halogens is 1. The molecule has 2 aromatic carbocycles. The molecule has 2 aliphatic heterocycles. The Bertz CT molecular complexity index is 1470. The molecule has 6 rings (SSSR count). The van der Waals surface area contributed by atoms with E-state index in [1.54, 1.807) is 42.6 Å². The van der Waals surface area contributed by atoms with Gasteiger partial charge in [-0.25, -0.2) is 9.97 Å². The molecule has 2 aliphatic rings. The number of aliphatic hydroxyl groups excluding tert-OH is 1. The molecular formula is C26H23ClN4O6. The highest BCUT2D eigenvalue weighted by atomic mass is 35.5. The standard InChI is InChI=1S/C26H23ClN4O6/c27-19-8-15(37-21-3-1-2-20-24(21)36-13-35-20)6-7-17(19)23(33)18-9-28-25-22(18)26(30-12-29-25)31-14-4-5-16(10-32)34-11-14/h1-3,6-9,12,14,16,32H,4-5,10-11,13H2,(H2,28,29,30,31)/t14-,16+/m1/s1. The van der Waals surface area contributed by atoms with Gasteiger partial charge in [-0.15, -0.1) is 0 Å². The summed E-state index contributed by atoms with van der Waals surface area (Å²) in [5, 5.41) is 13.5. The lowest BCUT2D eigenvalue weighted by atomic mass is 10.0. The first-order chi connectivity index (χ1) is 18.1. The van der Waals surface area contributed by atoms with Gasteiger partial charge in [0, 0.05) is 17.8 Å². The minimum absolute atomic E-state index is 0.00125. The zero-order valence-electron chi connectivity index (χ0n) is 19.6. The molecule has 0 aliphatic carbocycles. The molecule has 0 amide bonds. The van der Waals surface area contributed by atoms with Crippen molar-refractivity contribution in [1.29, 1.82) is 0 Å². The Morgan fingerprint density at radius 3 is 2.92 bits per heavy atom. The molecule has 0 bridgehead atoms. The highest BCUT2D eigenvalue weighted by Gasteiger charge is 2.25. The number of hydrogen-bond acceptors (Lipinski definition) is 9. The molecule has 0 unspecified atom stereocenters. The number of fused-ring (bicyclic) bond motifs is 2. The molecule has 11 heteroatoms. The largest absolute Gasteiger partial charge is 0.453 e. The van der Waals surface area contributed by atoms with Crippen LogP contribution >= 0.6 is 11.6 Å². The molecule has 4 aromatic rings. The summed E-state index contributed by atoms with van der Waals surface area (Å²) in [7, 11) is 0. The number of ketones is 1. The predicted molar refractivity (Wildman–Crippen MR) is 135 cm³/mol. The normalized spacial score (nSPS) is 18.6. The second kappa shape index (κ2) is 9.89. The number of aromatic nitrogens is 3. The summed E-state index contributed by atoms with van der Waals surface area (Å²) in [6, 6.07) is 10.2. The molecule has 0 spiro atoms. The molecule has 2 atom stereocenters. The van der Waals surface area contributed by atoms with E-state index in [2.05, 4.69) is 20.3 Å². The Morgan fingerprint density at radius 1 is 1.19 bits per heavy atom. The molecule has 3 N–H and O–H groups in total. The summed E-state index contributed by atoms with van der Waals surface area (Å²) in [6.07, 6.45) is 4.43. The van der Waals surface area contributed by atoms with Crippen molar-refractivity contribution in [3.8, 4) is 23.0 Å². The van der Waals surface area contributed by atoms with E-state index in [0.29, 0.717) is 57.6 Å². The van der Waals surface area contributed by atoms with E-state index in [4.69, 9.17) is 30.5 Å². The lowest BCUT2D eigenvalue weighted by Gasteiger charge is -2.29. The molecule has 1 saturated heterocycles. The van der Waals surface area contributed by atoms with Crippen molar-refractivity contribution in [1.82, 2.24) is 15.0 Å². The number of aromatic amines is 1. The van der Waals surface area contributed by atoms with E-state index in [1.807, 2.05) is 0 Å². The van der Waals surface area contributed by atoms with Crippen molar-refractivity contribution in [2.24, 2.45) is 0 Å². The minimum atomic E-state index is -0.279. The lowest BCUT2D eigenvalue weighted by molar-refractivity contribution is -0.0224. The van der Waals surface area contributed by atoms with Gasteiger partial charge in [-0.2, -0.15) is 0 Å². The van der Waals surface area contributed by atoms with Crippen molar-refractivity contribution in [2.45, 2.75) is 25.0 Å². The third-order valence-corrected chi connectivity index (χ3v) is 6.72. The van der Waals surface area contributed by atoms with Crippen molar-refractivity contribution in [2.75, 3.05) is 25.3 Å². The quantitative estimate of drug-likeness (QED) is 0.304. The van der Waals surface area contributed by atoms with Crippen molar-refractivity contribution >= 4 is 34.2 Å². The first-order valence-corrected chi connectivity index (χ1v) is 12.2. The third kappa shape index (κ3) is 4.55. The van der Waals surface area contributed by atoms with Crippen molar-refractivity contribution in [3.05, 3.63) is 65.1 Å². The maximum Gasteiger partial charge on any atom is 0.231 e. The second-order valence-electron chi connectivity index (χ2n) is 8.77. The molecule has 0 radical (unpaired) electrons. The Hall–Kier alpha value is -3.86. The van der Waals surface area contributed by atoms with Gasteiger partial charge in [0.2, 0.25) is 12.5 Å². The van der Waals surface area contributed by atoms with Crippen LogP contribution in [0.2, 0.25) is 5.02 Å². The first-order valence-electron chi connectivity index (χ1n) is 11.8. The van der Waals surface area contributed by atoms with Gasteiger partial charge in [-0.05, 0) is 37.1 Å². The van der Waals surface area contributed by atoms with Crippen molar-refractivity contribution < 1.29 is 28.8 Å². The molecule has 1 fully saturated rings. The fraction of sp³-hybridized carbons (Fsp3) is 0.269. The van der Waals surface area contributed by atoms with Crippen LogP contribution in [0, 0.1) is 0 Å². The summed E-state index contributed by atoms with van der Waals surface area (Å²) in [6.45, 7) is 0.562. The van der Waals surface area contributed by atoms with E-state index < -0.39 is 0 Å². The topological polar surface area (TPSA) is 128 Å². The maximum atomic E-state index is 13.6. The molecule has 10 nitrogen and oxygen atoms in total. The Labute approximate surface area is 216 Å². The Kier molecular flexibility index (Phi) is 6.29. The number of aliphatic hydroxyl groups is 1. The van der Waals surface area contributed by atoms with Crippen LogP contribution in [-0.2, 0) is 4.74 Å². The summed E-state index contributed by atoms with van der Waals surface area (Å²) in [5.41, 5.74) is 1.24. The number of hydrogen-bond donors (Lipinski definition) is 3. The number of rotatable bonds is 7. The highest BCUT2D eigenvalue weighted by Crippen LogP contribution is 2.43. The summed E-state index contributed by atoms with van der Waals surface area (Å²) >= 11 is 6.55. The number of nitrogens with one attached hydrogen (secondary N) is 2. The van der Waals surface area contributed by atoms with Crippen LogP contribution in [0.4, 0.5) is 5.82 Å². The number of carbonyl (C=O) groups excluding carboxylic acids is 1. The van der Waals surface area contributed by atoms with Gasteiger partial charge in [0.25, 0.3) is 0 Å². The van der Waals surface area contributed by atoms with E-state index in [-0.39, 0.29) is 36.4 Å². The number of carbonyl (C=O) groups is 1. The predicted octanol–water partition coefficient (Wildman–Crippen LogP) is 4.32. The minimum Gasteiger partial charge on any atom is -0.453 e. The second-order valence-corrected chi connectivity index (χ2v) is 9.17. The third-order valence-electron chi connectivity index (χ3n) is 6.40. The zero-order valence-corrected chi connectivity index (χ0v) is 20.3. The average Bonchev–Trinajstić information content (AvgIpc) is 3.57. The van der Waals surface area contributed by atoms with Crippen LogP contribution < -0.4 is 19.5 Å². The number of nitrogens with zero attached hydrogens (tertiary/aromatic N) is 2. The van der Waals surface area contributed by atoms with Crippen LogP contribution in [0.15, 0.2) is 48.9 Å². The van der Waals surface area contributed by atoms with Crippen LogP contribution in [0.1, 0.15) is 28.8 Å². The number of ether oxygens (including phenoxy) is 4. The molecular weight excluding hydrogens is 500 g/mol. The van der Waals surface area contributed by atoms with Gasteiger partial charge in [-0.1, -0.05) is 17.7 Å². The summed E-state index contributed by atoms with van der Waals surface area (Å²) in [4.78, 5) is 25.3. The van der Waals surface area contributed by atoms with Gasteiger partial charge < -0.3 is 34.4 Å². The molecule has 4 heterocycles. The fourth-order valence-electron chi connectivity index (χ4n) is 4.51. The molecule has 37 heavy (non-hydrogen) atoms. The maximum absolute atomic E-state index is 13.6.